The fourth-order valence-electron chi connectivity index (χ4n) is 4.19. The van der Waals surface area contributed by atoms with Gasteiger partial charge in [0.15, 0.2) is 5.65 Å². The number of carbonyl (C=O) groups excluding carboxylic acids is 1. The summed E-state index contributed by atoms with van der Waals surface area (Å²) in [6.45, 7) is 1.96. The van der Waals surface area contributed by atoms with Crippen LogP contribution >= 0.6 is 15.9 Å². The van der Waals surface area contributed by atoms with E-state index < -0.39 is 5.41 Å². The van der Waals surface area contributed by atoms with Crippen LogP contribution in [0.15, 0.2) is 29.0 Å². The zero-order valence-electron chi connectivity index (χ0n) is 18.3. The van der Waals surface area contributed by atoms with Crippen molar-refractivity contribution in [2.45, 2.75) is 32.2 Å². The molecule has 0 unspecified atom stereocenters. The molecule has 1 aliphatic carbocycles. The second-order valence-electron chi connectivity index (χ2n) is 8.26. The van der Waals surface area contributed by atoms with Crippen molar-refractivity contribution >= 4 is 38.8 Å². The quantitative estimate of drug-likeness (QED) is 0.438. The number of nitriles is 1. The smallest absolute Gasteiger partial charge is 0.225 e. The molecule has 1 saturated carbocycles. The molecule has 0 radical (unpaired) electrons. The average molecular weight is 514 g/mol. The van der Waals surface area contributed by atoms with Gasteiger partial charge in [-0.2, -0.15) is 15.3 Å². The van der Waals surface area contributed by atoms with E-state index in [1.54, 1.807) is 36.1 Å². The van der Waals surface area contributed by atoms with Crippen molar-refractivity contribution in [2.75, 3.05) is 25.6 Å². The van der Waals surface area contributed by atoms with Crippen LogP contribution in [0.2, 0.25) is 0 Å². The Morgan fingerprint density at radius 3 is 3.00 bits per heavy atom. The largest absolute Gasteiger partial charge is 0.491 e. The van der Waals surface area contributed by atoms with E-state index in [1.807, 2.05) is 6.92 Å². The number of carbonyl (C=O) groups is 1. The Morgan fingerprint density at radius 1 is 1.45 bits per heavy atom. The molecule has 33 heavy (non-hydrogen) atoms. The Kier molecular flexibility index (Phi) is 6.49. The van der Waals surface area contributed by atoms with Crippen molar-refractivity contribution in [2.24, 2.45) is 5.41 Å². The molecule has 1 aromatic carbocycles. The van der Waals surface area contributed by atoms with Gasteiger partial charge in [-0.3, -0.25) is 4.79 Å². The summed E-state index contributed by atoms with van der Waals surface area (Å²) in [6, 6.07) is 7.21. The Morgan fingerprint density at radius 2 is 2.27 bits per heavy atom. The van der Waals surface area contributed by atoms with E-state index in [0.717, 1.165) is 12.8 Å². The molecule has 4 rings (SSSR count). The lowest BCUT2D eigenvalue weighted by atomic mass is 9.87. The van der Waals surface area contributed by atoms with Crippen molar-refractivity contribution in [1.82, 2.24) is 25.1 Å². The number of hydrogen-bond acceptors (Lipinski definition) is 8. The molecule has 1 fully saturated rings. The van der Waals surface area contributed by atoms with E-state index in [4.69, 9.17) is 9.84 Å². The first-order chi connectivity index (χ1) is 15.9. The van der Waals surface area contributed by atoms with Gasteiger partial charge in [0.25, 0.3) is 0 Å². The first kappa shape index (κ1) is 22.9. The summed E-state index contributed by atoms with van der Waals surface area (Å²) in [5, 5.41) is 29.8. The van der Waals surface area contributed by atoms with Crippen LogP contribution in [-0.4, -0.2) is 57.1 Å². The predicted octanol–water partition coefficient (Wildman–Crippen LogP) is 2.54. The number of ether oxygens (including phenoxy) is 1. The van der Waals surface area contributed by atoms with Gasteiger partial charge in [-0.1, -0.05) is 6.92 Å². The highest BCUT2D eigenvalue weighted by atomic mass is 79.9. The fourth-order valence-corrected chi connectivity index (χ4v) is 4.63. The number of rotatable bonds is 7. The normalized spacial score (nSPS) is 19.9. The van der Waals surface area contributed by atoms with E-state index >= 15 is 0 Å². The first-order valence-electron chi connectivity index (χ1n) is 10.6. The third-order valence-corrected chi connectivity index (χ3v) is 6.44. The fraction of sp³-hybridized carbons (Fsp3) is 0.409. The van der Waals surface area contributed by atoms with E-state index in [0.29, 0.717) is 45.0 Å². The maximum Gasteiger partial charge on any atom is 0.225 e. The van der Waals surface area contributed by atoms with Crippen LogP contribution in [0, 0.1) is 16.7 Å². The highest BCUT2D eigenvalue weighted by molar-refractivity contribution is 9.10. The molecular formula is C22H24BrN7O3. The Hall–Kier alpha value is -3.23. The number of aromatic nitrogens is 4. The summed E-state index contributed by atoms with van der Waals surface area (Å²) < 4.78 is 7.69. The maximum atomic E-state index is 12.2. The summed E-state index contributed by atoms with van der Waals surface area (Å²) >= 11 is 3.46. The van der Waals surface area contributed by atoms with Crippen molar-refractivity contribution < 1.29 is 14.6 Å². The molecule has 0 saturated heterocycles. The molecule has 2 aromatic heterocycles. The van der Waals surface area contributed by atoms with E-state index in [2.05, 4.69) is 47.7 Å². The number of aliphatic hydroxyl groups excluding tert-OH is 1. The second-order valence-corrected chi connectivity index (χ2v) is 9.01. The summed E-state index contributed by atoms with van der Waals surface area (Å²) in [4.78, 5) is 21.3. The van der Waals surface area contributed by atoms with Crippen LogP contribution in [0.3, 0.4) is 0 Å². The molecule has 2 atom stereocenters. The van der Waals surface area contributed by atoms with Gasteiger partial charge in [-0.05, 0) is 47.3 Å². The third-order valence-electron chi connectivity index (χ3n) is 5.85. The summed E-state index contributed by atoms with van der Waals surface area (Å²) in [5.74, 6) is 0.932. The maximum absolute atomic E-state index is 12.2. The Labute approximate surface area is 199 Å². The van der Waals surface area contributed by atoms with Crippen molar-refractivity contribution in [3.8, 4) is 17.5 Å². The summed E-state index contributed by atoms with van der Waals surface area (Å²) in [7, 11) is 1.66. The monoisotopic (exact) mass is 513 g/mol. The number of nitrogens with one attached hydrogen (secondary N) is 2. The van der Waals surface area contributed by atoms with Crippen LogP contribution in [0.4, 0.5) is 5.95 Å². The van der Waals surface area contributed by atoms with Gasteiger partial charge in [-0.15, -0.1) is 0 Å². The number of fused-ring (bicyclic) bond motifs is 1. The van der Waals surface area contributed by atoms with E-state index in [1.165, 1.54) is 0 Å². The molecule has 172 valence electrons. The molecule has 3 aromatic rings. The molecule has 1 amide bonds. The number of hydrogen-bond donors (Lipinski definition) is 3. The number of amides is 1. The summed E-state index contributed by atoms with van der Waals surface area (Å²) in [6.07, 6.45) is 3.99. The lowest BCUT2D eigenvalue weighted by molar-refractivity contribution is -0.129. The molecule has 0 bridgehead atoms. The standard InChI is InChI=1S/C22H24BrN7O3/c1-22(20(32)25-2)4-3-14(10-22)27-21-26-12-17-18(23)29-30(19(17)28-21)15-7-13(11-24)8-16(9-15)33-6-5-31/h7-9,12,14,31H,3-6,10H2,1-2H3,(H,25,32)(H,26,27,28)/t14-,22-/m1/s1. The van der Waals surface area contributed by atoms with Crippen molar-refractivity contribution in [3.05, 3.63) is 34.6 Å². The molecule has 0 spiro atoms. The average Bonchev–Trinajstić information content (AvgIpc) is 3.37. The number of nitrogens with zero attached hydrogens (tertiary/aromatic N) is 5. The predicted molar refractivity (Wildman–Crippen MR) is 125 cm³/mol. The van der Waals surface area contributed by atoms with Crippen LogP contribution in [-0.2, 0) is 4.79 Å². The molecular weight excluding hydrogens is 490 g/mol. The molecule has 1 aliphatic rings. The minimum absolute atomic E-state index is 0.0433. The third kappa shape index (κ3) is 4.62. The van der Waals surface area contributed by atoms with Crippen molar-refractivity contribution in [1.29, 1.82) is 5.26 Å². The van der Waals surface area contributed by atoms with Gasteiger partial charge in [0.1, 0.15) is 17.0 Å². The highest BCUT2D eigenvalue weighted by Crippen LogP contribution is 2.39. The lowest BCUT2D eigenvalue weighted by Gasteiger charge is -2.22. The molecule has 3 N–H and O–H groups in total. The van der Waals surface area contributed by atoms with Gasteiger partial charge in [0.05, 0.1) is 29.3 Å². The van der Waals surface area contributed by atoms with Gasteiger partial charge >= 0.3 is 0 Å². The Balaban J connectivity index is 1.66. The number of halogens is 1. The zero-order chi connectivity index (χ0) is 23.6. The number of anilines is 1. The molecule has 0 aliphatic heterocycles. The van der Waals surface area contributed by atoms with E-state index in [-0.39, 0.29) is 25.2 Å². The highest BCUT2D eigenvalue weighted by Gasteiger charge is 2.40. The van der Waals surface area contributed by atoms with Crippen molar-refractivity contribution in [3.63, 3.8) is 0 Å². The summed E-state index contributed by atoms with van der Waals surface area (Å²) in [5.41, 5.74) is 1.13. The number of aliphatic hydroxyl groups is 1. The molecule has 10 nitrogen and oxygen atoms in total. The minimum Gasteiger partial charge on any atom is -0.491 e. The van der Waals surface area contributed by atoms with E-state index in [9.17, 15) is 10.1 Å². The van der Waals surface area contributed by atoms with Crippen LogP contribution in [0.25, 0.3) is 16.7 Å². The lowest BCUT2D eigenvalue weighted by Crippen LogP contribution is -2.35. The Bertz CT molecular complexity index is 1240. The minimum atomic E-state index is -0.413. The molecule has 2 heterocycles. The second kappa shape index (κ2) is 9.33. The zero-order valence-corrected chi connectivity index (χ0v) is 19.9. The van der Waals surface area contributed by atoms with Crippen LogP contribution in [0.5, 0.6) is 5.75 Å². The van der Waals surface area contributed by atoms with Gasteiger partial charge in [-0.25, -0.2) is 9.67 Å². The van der Waals surface area contributed by atoms with Crippen LogP contribution in [0.1, 0.15) is 31.7 Å². The van der Waals surface area contributed by atoms with Gasteiger partial charge in [0, 0.05) is 30.8 Å². The van der Waals surface area contributed by atoms with Gasteiger partial charge < -0.3 is 20.5 Å². The first-order valence-corrected chi connectivity index (χ1v) is 11.4. The van der Waals surface area contributed by atoms with Gasteiger partial charge in [0.2, 0.25) is 11.9 Å². The number of benzene rings is 1. The SMILES string of the molecule is CNC(=O)[C@]1(C)CC[C@@H](Nc2ncc3c(Br)nn(-c4cc(C#N)cc(OCCO)c4)c3n2)C1. The topological polar surface area (TPSA) is 138 Å². The van der Waals surface area contributed by atoms with Crippen LogP contribution < -0.4 is 15.4 Å². The molecule has 11 heteroatoms.